The van der Waals surface area contributed by atoms with E-state index < -0.39 is 24.2 Å². The Bertz CT molecular complexity index is 964. The Morgan fingerprint density at radius 1 is 1.37 bits per heavy atom. The van der Waals surface area contributed by atoms with E-state index in [2.05, 4.69) is 16.9 Å². The fraction of sp³-hybridized carbons (Fsp3) is 0.500. The molecule has 2 aliphatic rings. The average Bonchev–Trinajstić information content (AvgIpc) is 3.36. The molecule has 1 aliphatic carbocycles. The number of rotatable bonds is 3. The fourth-order valence-corrected chi connectivity index (χ4v) is 3.07. The van der Waals surface area contributed by atoms with Crippen molar-refractivity contribution in [1.29, 1.82) is 0 Å². The van der Waals surface area contributed by atoms with Crippen molar-refractivity contribution in [3.05, 3.63) is 45.8 Å². The van der Waals surface area contributed by atoms with Gasteiger partial charge in [-0.15, -0.1) is 5.10 Å². The van der Waals surface area contributed by atoms with Gasteiger partial charge in [0.15, 0.2) is 0 Å². The molecule has 0 amide bonds. The zero-order valence-corrected chi connectivity index (χ0v) is 15.0. The van der Waals surface area contributed by atoms with Crippen LogP contribution in [0.5, 0.6) is 0 Å². The van der Waals surface area contributed by atoms with Crippen LogP contribution in [-0.2, 0) is 11.2 Å². The Morgan fingerprint density at radius 2 is 2.19 bits per heavy atom. The van der Waals surface area contributed by atoms with Gasteiger partial charge in [-0.2, -0.15) is 4.68 Å². The summed E-state index contributed by atoms with van der Waals surface area (Å²) in [6.07, 6.45) is 0.931. The van der Waals surface area contributed by atoms with Crippen LogP contribution in [-0.4, -0.2) is 28.4 Å². The first-order valence-corrected chi connectivity index (χ1v) is 9.11. The predicted molar refractivity (Wildman–Crippen MR) is 94.1 cm³/mol. The van der Waals surface area contributed by atoms with E-state index in [4.69, 9.17) is 9.15 Å². The molecule has 5 nitrogen and oxygen atoms in total. The number of benzene rings is 1. The Hall–Kier alpha value is -2.46. The normalized spacial score (nSPS) is 21.5. The molecule has 0 spiro atoms. The maximum Gasteiger partial charge on any atom is 0.441 e. The summed E-state index contributed by atoms with van der Waals surface area (Å²) in [5.41, 5.74) is 2.22. The first kappa shape index (κ1) is 17.9. The van der Waals surface area contributed by atoms with Crippen molar-refractivity contribution >= 4 is 0 Å². The second-order valence-electron chi connectivity index (χ2n) is 7.23. The number of halogens is 2. The maximum absolute atomic E-state index is 13.5. The third kappa shape index (κ3) is 4.28. The van der Waals surface area contributed by atoms with E-state index in [-0.39, 0.29) is 25.3 Å². The zero-order chi connectivity index (χ0) is 19.0. The van der Waals surface area contributed by atoms with Gasteiger partial charge in [0.1, 0.15) is 0 Å². The van der Waals surface area contributed by atoms with Crippen LogP contribution >= 0.6 is 0 Å². The van der Waals surface area contributed by atoms with Crippen LogP contribution in [0.25, 0.3) is 5.69 Å². The first-order chi connectivity index (χ1) is 12.9. The highest BCUT2D eigenvalue weighted by Crippen LogP contribution is 2.31. The Labute approximate surface area is 155 Å². The standard InChI is InChI=1S/C20H20F2N2O3/c1-13-2-3-15(7-6-14-4-5-14)10-17(13)24-19(25)27-18(23-24)11-16-12-20(21,22)8-9-26-16/h2-3,10,14,16H,4-5,8-9,11-12H2,1H3. The molecule has 142 valence electrons. The number of alkyl halides is 2. The highest BCUT2D eigenvalue weighted by Gasteiger charge is 2.37. The maximum atomic E-state index is 13.5. The van der Waals surface area contributed by atoms with Crippen molar-refractivity contribution < 1.29 is 17.9 Å². The molecule has 0 N–H and O–H groups in total. The summed E-state index contributed by atoms with van der Waals surface area (Å²) in [6, 6.07) is 5.57. The van der Waals surface area contributed by atoms with Gasteiger partial charge in [-0.05, 0) is 37.5 Å². The van der Waals surface area contributed by atoms with Crippen LogP contribution in [0.1, 0.15) is 42.7 Å². The minimum atomic E-state index is -2.75. The summed E-state index contributed by atoms with van der Waals surface area (Å²) in [6.45, 7) is 1.85. The lowest BCUT2D eigenvalue weighted by atomic mass is 10.0. The van der Waals surface area contributed by atoms with Crippen LogP contribution in [0, 0.1) is 24.7 Å². The van der Waals surface area contributed by atoms with Crippen molar-refractivity contribution in [1.82, 2.24) is 9.78 Å². The van der Waals surface area contributed by atoms with E-state index in [1.54, 1.807) is 6.07 Å². The molecule has 1 aromatic heterocycles. The van der Waals surface area contributed by atoms with Gasteiger partial charge < -0.3 is 9.15 Å². The number of aromatic nitrogens is 2. The van der Waals surface area contributed by atoms with Gasteiger partial charge in [-0.25, -0.2) is 13.6 Å². The lowest BCUT2D eigenvalue weighted by molar-refractivity contribution is -0.127. The molecule has 0 bridgehead atoms. The predicted octanol–water partition coefficient (Wildman–Crippen LogP) is 3.25. The van der Waals surface area contributed by atoms with Crippen LogP contribution in [0.15, 0.2) is 27.4 Å². The Morgan fingerprint density at radius 3 is 2.93 bits per heavy atom. The molecule has 1 atom stereocenters. The third-order valence-corrected chi connectivity index (χ3v) is 4.77. The molecule has 1 aromatic carbocycles. The van der Waals surface area contributed by atoms with E-state index in [0.29, 0.717) is 11.6 Å². The lowest BCUT2D eigenvalue weighted by Crippen LogP contribution is -2.35. The molecule has 1 saturated heterocycles. The van der Waals surface area contributed by atoms with Gasteiger partial charge in [0.25, 0.3) is 5.92 Å². The van der Waals surface area contributed by atoms with Crippen LogP contribution in [0.3, 0.4) is 0 Å². The van der Waals surface area contributed by atoms with E-state index in [1.165, 1.54) is 0 Å². The molecule has 2 heterocycles. The quantitative estimate of drug-likeness (QED) is 0.774. The molecule has 7 heteroatoms. The van der Waals surface area contributed by atoms with Gasteiger partial charge in [0, 0.05) is 24.3 Å². The number of nitrogens with zero attached hydrogens (tertiary/aromatic N) is 2. The van der Waals surface area contributed by atoms with Gasteiger partial charge in [0.2, 0.25) is 5.89 Å². The molecule has 2 fully saturated rings. The fourth-order valence-electron chi connectivity index (χ4n) is 3.07. The minimum absolute atomic E-state index is 0.0105. The summed E-state index contributed by atoms with van der Waals surface area (Å²) in [7, 11) is 0. The molecular weight excluding hydrogens is 354 g/mol. The summed E-state index contributed by atoms with van der Waals surface area (Å²) in [5.74, 6) is 3.47. The summed E-state index contributed by atoms with van der Waals surface area (Å²) < 4.78 is 38.8. The van der Waals surface area contributed by atoms with Crippen LogP contribution in [0.2, 0.25) is 0 Å². The molecule has 1 unspecified atom stereocenters. The van der Waals surface area contributed by atoms with E-state index in [9.17, 15) is 13.6 Å². The molecule has 1 aliphatic heterocycles. The molecular formula is C20H20F2N2O3. The van der Waals surface area contributed by atoms with E-state index in [0.717, 1.165) is 28.7 Å². The number of hydrogen-bond acceptors (Lipinski definition) is 4. The van der Waals surface area contributed by atoms with Gasteiger partial charge >= 0.3 is 5.76 Å². The highest BCUT2D eigenvalue weighted by molar-refractivity contribution is 5.48. The van der Waals surface area contributed by atoms with Crippen molar-refractivity contribution in [3.63, 3.8) is 0 Å². The molecule has 1 saturated carbocycles. The van der Waals surface area contributed by atoms with Gasteiger partial charge in [0.05, 0.1) is 24.8 Å². The Kier molecular flexibility index (Phi) is 4.60. The van der Waals surface area contributed by atoms with Gasteiger partial charge in [-0.3, -0.25) is 0 Å². The smallest absolute Gasteiger partial charge is 0.392 e. The van der Waals surface area contributed by atoms with Crippen molar-refractivity contribution in [2.75, 3.05) is 6.61 Å². The first-order valence-electron chi connectivity index (χ1n) is 9.11. The summed E-state index contributed by atoms with van der Waals surface area (Å²) in [5, 5.41) is 4.20. The number of ether oxygens (including phenoxy) is 1. The summed E-state index contributed by atoms with van der Waals surface area (Å²) in [4.78, 5) is 12.3. The van der Waals surface area contributed by atoms with Crippen LogP contribution in [0.4, 0.5) is 8.78 Å². The van der Waals surface area contributed by atoms with Gasteiger partial charge in [-0.1, -0.05) is 17.9 Å². The molecule has 4 rings (SSSR count). The Balaban J connectivity index is 1.57. The van der Waals surface area contributed by atoms with E-state index >= 15 is 0 Å². The second-order valence-corrected chi connectivity index (χ2v) is 7.23. The highest BCUT2D eigenvalue weighted by atomic mass is 19.3. The third-order valence-electron chi connectivity index (χ3n) is 4.77. The zero-order valence-electron chi connectivity index (χ0n) is 15.0. The molecule has 0 radical (unpaired) electrons. The van der Waals surface area contributed by atoms with Crippen molar-refractivity contribution in [2.45, 2.75) is 51.1 Å². The second kappa shape index (κ2) is 6.93. The number of hydrogen-bond donors (Lipinski definition) is 0. The monoisotopic (exact) mass is 374 g/mol. The average molecular weight is 374 g/mol. The topological polar surface area (TPSA) is 57.3 Å². The van der Waals surface area contributed by atoms with E-state index in [1.807, 2.05) is 19.1 Å². The van der Waals surface area contributed by atoms with Crippen LogP contribution < -0.4 is 5.76 Å². The van der Waals surface area contributed by atoms with Crippen molar-refractivity contribution in [2.24, 2.45) is 5.92 Å². The van der Waals surface area contributed by atoms with Crippen molar-refractivity contribution in [3.8, 4) is 17.5 Å². The SMILES string of the molecule is Cc1ccc(C#CC2CC2)cc1-n1nc(CC2CC(F)(F)CCO2)oc1=O. The lowest BCUT2D eigenvalue weighted by Gasteiger charge is -2.28. The number of aryl methyl sites for hydroxylation is 1. The molecule has 27 heavy (non-hydrogen) atoms. The molecule has 2 aromatic rings. The summed E-state index contributed by atoms with van der Waals surface area (Å²) >= 11 is 0. The largest absolute Gasteiger partial charge is 0.441 e. The minimum Gasteiger partial charge on any atom is -0.392 e.